The van der Waals surface area contributed by atoms with Gasteiger partial charge in [0.2, 0.25) is 5.91 Å². The van der Waals surface area contributed by atoms with Crippen molar-refractivity contribution in [3.8, 4) is 11.3 Å². The third-order valence-corrected chi connectivity index (χ3v) is 4.65. The molecule has 0 spiro atoms. The Kier molecular flexibility index (Phi) is 3.72. The largest absolute Gasteiger partial charge is 0.398 e. The summed E-state index contributed by atoms with van der Waals surface area (Å²) in [7, 11) is 1.69. The molecule has 3 aromatic rings. The molecule has 132 valence electrons. The van der Waals surface area contributed by atoms with Crippen LogP contribution in [0.1, 0.15) is 6.42 Å². The molecule has 0 saturated heterocycles. The summed E-state index contributed by atoms with van der Waals surface area (Å²) < 4.78 is 14.6. The normalized spacial score (nSPS) is 18.7. The zero-order valence-electron chi connectivity index (χ0n) is 14.1. The highest BCUT2D eigenvalue weighted by atomic mass is 19.1. The van der Waals surface area contributed by atoms with Crippen LogP contribution < -0.4 is 16.6 Å². The zero-order valence-corrected chi connectivity index (χ0v) is 14.1. The molecule has 1 saturated carbocycles. The van der Waals surface area contributed by atoms with Gasteiger partial charge in [-0.3, -0.25) is 9.59 Å². The minimum Gasteiger partial charge on any atom is -0.398 e. The minimum absolute atomic E-state index is 0.117. The highest BCUT2D eigenvalue weighted by Crippen LogP contribution is 2.35. The number of carbonyl (C=O) groups is 1. The van der Waals surface area contributed by atoms with Crippen molar-refractivity contribution in [2.45, 2.75) is 12.6 Å². The summed E-state index contributed by atoms with van der Waals surface area (Å²) in [6.45, 7) is 0. The summed E-state index contributed by atoms with van der Waals surface area (Å²) in [5, 5.41) is 4.15. The first kappa shape index (κ1) is 16.3. The molecule has 1 amide bonds. The van der Waals surface area contributed by atoms with Gasteiger partial charge in [-0.2, -0.15) is 0 Å². The molecule has 0 aliphatic heterocycles. The average molecular weight is 352 g/mol. The topological polar surface area (TPSA) is 90.0 Å². The Balaban J connectivity index is 1.76. The number of nitrogens with two attached hydrogens (primary N) is 1. The lowest BCUT2D eigenvalue weighted by Gasteiger charge is -2.12. The van der Waals surface area contributed by atoms with E-state index < -0.39 is 12.1 Å². The molecule has 0 bridgehead atoms. The molecule has 0 radical (unpaired) electrons. The van der Waals surface area contributed by atoms with Gasteiger partial charge in [0, 0.05) is 35.9 Å². The molecule has 7 heteroatoms. The predicted octanol–water partition coefficient (Wildman–Crippen LogP) is 2.48. The van der Waals surface area contributed by atoms with Crippen molar-refractivity contribution in [3.05, 3.63) is 52.9 Å². The van der Waals surface area contributed by atoms with E-state index in [-0.39, 0.29) is 17.9 Å². The smallest absolute Gasteiger partial charge is 0.250 e. The summed E-state index contributed by atoms with van der Waals surface area (Å²) in [6, 6.07) is 10.4. The van der Waals surface area contributed by atoms with Gasteiger partial charge < -0.3 is 15.6 Å². The fourth-order valence-corrected chi connectivity index (χ4v) is 3.01. The lowest BCUT2D eigenvalue weighted by molar-refractivity contribution is -0.117. The van der Waals surface area contributed by atoms with E-state index >= 15 is 0 Å². The molecule has 2 heterocycles. The van der Waals surface area contributed by atoms with Crippen LogP contribution in [-0.4, -0.2) is 21.6 Å². The Morgan fingerprint density at radius 3 is 2.85 bits per heavy atom. The number of pyridine rings is 2. The van der Waals surface area contributed by atoms with E-state index in [0.29, 0.717) is 11.5 Å². The van der Waals surface area contributed by atoms with Crippen molar-refractivity contribution < 1.29 is 9.18 Å². The highest BCUT2D eigenvalue weighted by Gasteiger charge is 2.43. The van der Waals surface area contributed by atoms with Crippen molar-refractivity contribution in [1.82, 2.24) is 9.55 Å². The van der Waals surface area contributed by atoms with Gasteiger partial charge in [-0.15, -0.1) is 0 Å². The van der Waals surface area contributed by atoms with Gasteiger partial charge in [-0.05, 0) is 36.1 Å². The number of nitrogen functional groups attached to an aromatic ring is 1. The van der Waals surface area contributed by atoms with Gasteiger partial charge in [-0.1, -0.05) is 6.07 Å². The number of alkyl halides is 1. The second kappa shape index (κ2) is 5.94. The lowest BCUT2D eigenvalue weighted by atomic mass is 10.0. The molecule has 6 nitrogen and oxygen atoms in total. The molecule has 1 aromatic carbocycles. The van der Waals surface area contributed by atoms with E-state index in [1.807, 2.05) is 12.1 Å². The molecule has 26 heavy (non-hydrogen) atoms. The molecule has 1 aliphatic rings. The van der Waals surface area contributed by atoms with Crippen LogP contribution in [0.2, 0.25) is 0 Å². The number of hydrogen-bond donors (Lipinski definition) is 2. The quantitative estimate of drug-likeness (QED) is 0.709. The molecule has 2 atom stereocenters. The molecule has 2 unspecified atom stereocenters. The number of hydrogen-bond acceptors (Lipinski definition) is 4. The number of aromatic nitrogens is 2. The molecular weight excluding hydrogens is 335 g/mol. The van der Waals surface area contributed by atoms with Gasteiger partial charge in [0.15, 0.2) is 0 Å². The molecule has 1 aliphatic carbocycles. The van der Waals surface area contributed by atoms with Crippen LogP contribution >= 0.6 is 0 Å². The van der Waals surface area contributed by atoms with Gasteiger partial charge in [-0.25, -0.2) is 9.37 Å². The first-order valence-corrected chi connectivity index (χ1v) is 8.24. The summed E-state index contributed by atoms with van der Waals surface area (Å²) in [4.78, 5) is 28.0. The van der Waals surface area contributed by atoms with E-state index in [1.54, 1.807) is 36.0 Å². The number of rotatable bonds is 3. The van der Waals surface area contributed by atoms with E-state index in [1.165, 1.54) is 6.07 Å². The van der Waals surface area contributed by atoms with Crippen molar-refractivity contribution in [1.29, 1.82) is 0 Å². The number of benzene rings is 1. The zero-order chi connectivity index (χ0) is 18.4. The van der Waals surface area contributed by atoms with E-state index in [0.717, 1.165) is 22.0 Å². The number of anilines is 2. The average Bonchev–Trinajstić information content (AvgIpc) is 3.34. The number of carbonyl (C=O) groups excluding carboxylic acids is 1. The predicted molar refractivity (Wildman–Crippen MR) is 98.5 cm³/mol. The summed E-state index contributed by atoms with van der Waals surface area (Å²) in [5.41, 5.74) is 8.06. The van der Waals surface area contributed by atoms with Crippen molar-refractivity contribution in [2.24, 2.45) is 13.0 Å². The summed E-state index contributed by atoms with van der Waals surface area (Å²) in [5.74, 6) is -0.596. The third-order valence-electron chi connectivity index (χ3n) is 4.65. The monoisotopic (exact) mass is 352 g/mol. The number of halogens is 1. The first-order chi connectivity index (χ1) is 12.4. The van der Waals surface area contributed by atoms with E-state index in [2.05, 4.69) is 10.3 Å². The van der Waals surface area contributed by atoms with Crippen LogP contribution in [0.3, 0.4) is 0 Å². The van der Waals surface area contributed by atoms with Crippen molar-refractivity contribution in [3.63, 3.8) is 0 Å². The number of amides is 1. The second-order valence-electron chi connectivity index (χ2n) is 6.51. The molecule has 3 N–H and O–H groups in total. The van der Waals surface area contributed by atoms with Gasteiger partial charge >= 0.3 is 0 Å². The number of nitrogens with zero attached hydrogens (tertiary/aromatic N) is 2. The Labute approximate surface area is 148 Å². The van der Waals surface area contributed by atoms with Gasteiger partial charge in [0.25, 0.3) is 5.56 Å². The van der Waals surface area contributed by atoms with Crippen LogP contribution in [0.25, 0.3) is 22.0 Å². The highest BCUT2D eigenvalue weighted by molar-refractivity contribution is 6.00. The fraction of sp³-hybridized carbons (Fsp3) is 0.211. The maximum atomic E-state index is 13.0. The van der Waals surface area contributed by atoms with Crippen LogP contribution in [0, 0.1) is 5.92 Å². The van der Waals surface area contributed by atoms with Gasteiger partial charge in [0.1, 0.15) is 12.0 Å². The van der Waals surface area contributed by atoms with E-state index in [4.69, 9.17) is 5.73 Å². The summed E-state index contributed by atoms with van der Waals surface area (Å²) >= 11 is 0. The van der Waals surface area contributed by atoms with Crippen LogP contribution in [0.4, 0.5) is 15.9 Å². The Morgan fingerprint density at radius 1 is 1.35 bits per heavy atom. The van der Waals surface area contributed by atoms with Gasteiger partial charge in [0.05, 0.1) is 11.6 Å². The molecular formula is C19H17FN4O2. The minimum atomic E-state index is -1.06. The second-order valence-corrected chi connectivity index (χ2v) is 6.51. The Morgan fingerprint density at radius 2 is 2.12 bits per heavy atom. The maximum Gasteiger partial charge on any atom is 0.250 e. The van der Waals surface area contributed by atoms with Crippen LogP contribution in [0.15, 0.2) is 47.4 Å². The Bertz CT molecular complexity index is 1090. The van der Waals surface area contributed by atoms with Crippen molar-refractivity contribution in [2.75, 3.05) is 11.1 Å². The lowest BCUT2D eigenvalue weighted by Crippen LogP contribution is -2.16. The number of fused-ring (bicyclic) bond motifs is 1. The fourth-order valence-electron chi connectivity index (χ4n) is 3.01. The third kappa shape index (κ3) is 2.81. The summed E-state index contributed by atoms with van der Waals surface area (Å²) in [6.07, 6.45) is 0.781. The Hall–Kier alpha value is -3.22. The number of nitrogens with one attached hydrogen (secondary N) is 1. The SMILES string of the molecule is Cn1c(-c2cc(N)c3cnc(NC(=O)C4CC4F)cc3c2)cccc1=O. The van der Waals surface area contributed by atoms with Crippen LogP contribution in [0.5, 0.6) is 0 Å². The first-order valence-electron chi connectivity index (χ1n) is 8.24. The van der Waals surface area contributed by atoms with E-state index in [9.17, 15) is 14.0 Å². The van der Waals surface area contributed by atoms with Crippen LogP contribution in [-0.2, 0) is 11.8 Å². The molecule has 2 aromatic heterocycles. The molecule has 4 rings (SSSR count). The maximum absolute atomic E-state index is 13.0. The van der Waals surface area contributed by atoms with Crippen molar-refractivity contribution >= 4 is 28.2 Å². The standard InChI is InChI=1S/C19H17FN4O2/c1-24-16(3-2-4-18(24)25)11-5-10-7-17(22-9-13(10)15(21)6-11)23-19(26)12-8-14(12)20/h2-7,9,12,14H,8,21H2,1H3,(H,22,23,26). The molecule has 1 fully saturated rings.